The van der Waals surface area contributed by atoms with Crippen molar-refractivity contribution < 1.29 is 0 Å². The van der Waals surface area contributed by atoms with Gasteiger partial charge in [0, 0.05) is 17.1 Å². The van der Waals surface area contributed by atoms with Crippen LogP contribution in [0.4, 0.5) is 17.1 Å². The van der Waals surface area contributed by atoms with Crippen LogP contribution in [0.1, 0.15) is 44.1 Å². The van der Waals surface area contributed by atoms with Crippen LogP contribution in [-0.2, 0) is 5.41 Å². The molecule has 39 heavy (non-hydrogen) atoms. The maximum atomic E-state index is 2.46. The zero-order chi connectivity index (χ0) is 25.8. The lowest BCUT2D eigenvalue weighted by Gasteiger charge is -2.57. The predicted octanol–water partition coefficient (Wildman–Crippen LogP) is 10.4. The Morgan fingerprint density at radius 1 is 0.462 bits per heavy atom. The molecule has 0 N–H and O–H groups in total. The van der Waals surface area contributed by atoms with Crippen LogP contribution in [0, 0.1) is 17.8 Å². The zero-order valence-electron chi connectivity index (χ0n) is 22.5. The van der Waals surface area contributed by atoms with Crippen molar-refractivity contribution >= 4 is 27.8 Å². The van der Waals surface area contributed by atoms with E-state index in [1.165, 1.54) is 77.5 Å². The van der Waals surface area contributed by atoms with Gasteiger partial charge in [0.15, 0.2) is 0 Å². The molecule has 192 valence electrons. The minimum atomic E-state index is 0.437. The van der Waals surface area contributed by atoms with E-state index in [0.29, 0.717) is 5.41 Å². The van der Waals surface area contributed by atoms with E-state index in [-0.39, 0.29) is 0 Å². The average molecular weight is 506 g/mol. The Hall–Kier alpha value is -3.84. The second-order valence-electron chi connectivity index (χ2n) is 12.5. The fourth-order valence-electron chi connectivity index (χ4n) is 8.62. The van der Waals surface area contributed by atoms with Gasteiger partial charge in [-0.1, -0.05) is 78.9 Å². The van der Waals surface area contributed by atoms with E-state index in [9.17, 15) is 0 Å². The molecule has 4 aliphatic carbocycles. The van der Waals surface area contributed by atoms with Crippen molar-refractivity contribution in [1.82, 2.24) is 0 Å². The van der Waals surface area contributed by atoms with Crippen LogP contribution < -0.4 is 4.90 Å². The fourth-order valence-corrected chi connectivity index (χ4v) is 8.62. The standard InChI is InChI=1S/C38H35N/c1-2-8-35(9-3-1)39(36-16-12-31(13-17-36)33-11-10-30-6-4-5-7-32(30)23-33)37-18-14-34(15-19-37)38-24-27-20-28(25-38)22-29(21-27)26-38/h1-19,23,27-29H,20-22,24-26H2. The van der Waals surface area contributed by atoms with Gasteiger partial charge in [-0.25, -0.2) is 0 Å². The van der Waals surface area contributed by atoms with Gasteiger partial charge >= 0.3 is 0 Å². The van der Waals surface area contributed by atoms with Crippen LogP contribution in [0.2, 0.25) is 0 Å². The summed E-state index contributed by atoms with van der Waals surface area (Å²) >= 11 is 0. The van der Waals surface area contributed by atoms with Crippen molar-refractivity contribution in [1.29, 1.82) is 0 Å². The summed E-state index contributed by atoms with van der Waals surface area (Å²) in [5.74, 6) is 2.91. The highest BCUT2D eigenvalue weighted by Crippen LogP contribution is 2.60. The molecular formula is C38H35N. The summed E-state index contributed by atoms with van der Waals surface area (Å²) in [7, 11) is 0. The number of hydrogen-bond donors (Lipinski definition) is 0. The monoisotopic (exact) mass is 505 g/mol. The SMILES string of the molecule is c1ccc(N(c2ccc(-c3ccc4ccccc4c3)cc2)c2ccc(C34CC5CC(CC(C5)C3)C4)cc2)cc1. The first-order valence-corrected chi connectivity index (χ1v) is 14.8. The molecule has 5 aromatic carbocycles. The molecular weight excluding hydrogens is 470 g/mol. The lowest BCUT2D eigenvalue weighted by molar-refractivity contribution is -0.00518. The summed E-state index contributed by atoms with van der Waals surface area (Å²) < 4.78 is 0. The Balaban J connectivity index is 1.13. The van der Waals surface area contributed by atoms with Crippen LogP contribution in [0.3, 0.4) is 0 Å². The smallest absolute Gasteiger partial charge is 0.0462 e. The summed E-state index contributed by atoms with van der Waals surface area (Å²) in [5.41, 5.74) is 8.14. The van der Waals surface area contributed by atoms with Crippen LogP contribution >= 0.6 is 0 Å². The molecule has 0 atom stereocenters. The fraction of sp³-hybridized carbons (Fsp3) is 0.263. The van der Waals surface area contributed by atoms with Gasteiger partial charge in [0.05, 0.1) is 0 Å². The molecule has 5 aromatic rings. The van der Waals surface area contributed by atoms with Crippen molar-refractivity contribution in [2.24, 2.45) is 17.8 Å². The van der Waals surface area contributed by atoms with Crippen molar-refractivity contribution in [3.8, 4) is 11.1 Å². The maximum absolute atomic E-state index is 2.46. The van der Waals surface area contributed by atoms with Crippen LogP contribution in [-0.4, -0.2) is 0 Å². The summed E-state index contributed by atoms with van der Waals surface area (Å²) in [4.78, 5) is 2.40. The number of nitrogens with zero attached hydrogens (tertiary/aromatic N) is 1. The van der Waals surface area contributed by atoms with Crippen LogP contribution in [0.5, 0.6) is 0 Å². The molecule has 0 radical (unpaired) electrons. The Kier molecular flexibility index (Phi) is 5.40. The lowest BCUT2D eigenvalue weighted by atomic mass is 9.48. The second kappa shape index (κ2) is 9.12. The molecule has 4 saturated carbocycles. The Morgan fingerprint density at radius 2 is 0.974 bits per heavy atom. The molecule has 1 heteroatoms. The van der Waals surface area contributed by atoms with Gasteiger partial charge in [-0.2, -0.15) is 0 Å². The first-order chi connectivity index (χ1) is 19.2. The van der Waals surface area contributed by atoms with Gasteiger partial charge in [0.2, 0.25) is 0 Å². The van der Waals surface area contributed by atoms with Gasteiger partial charge in [-0.15, -0.1) is 0 Å². The molecule has 1 nitrogen and oxygen atoms in total. The first kappa shape index (κ1) is 23.1. The number of anilines is 3. The van der Waals surface area contributed by atoms with Gasteiger partial charge in [0.1, 0.15) is 0 Å². The number of rotatable bonds is 5. The third-order valence-electron chi connectivity index (χ3n) is 10.00. The molecule has 0 aromatic heterocycles. The highest BCUT2D eigenvalue weighted by molar-refractivity contribution is 5.87. The molecule has 0 saturated heterocycles. The Labute approximate surface area is 232 Å². The molecule has 9 rings (SSSR count). The molecule has 0 amide bonds. The quantitative estimate of drug-likeness (QED) is 0.230. The van der Waals surface area contributed by atoms with E-state index < -0.39 is 0 Å². The molecule has 4 fully saturated rings. The number of fused-ring (bicyclic) bond motifs is 1. The normalized spacial score (nSPS) is 25.2. The number of para-hydroxylation sites is 1. The largest absolute Gasteiger partial charge is 0.311 e. The summed E-state index contributed by atoms with van der Waals surface area (Å²) in [5, 5.41) is 2.56. The van der Waals surface area contributed by atoms with Gasteiger partial charge in [0.25, 0.3) is 0 Å². The molecule has 0 spiro atoms. The molecule has 0 aliphatic heterocycles. The van der Waals surface area contributed by atoms with Gasteiger partial charge in [-0.3, -0.25) is 0 Å². The van der Waals surface area contributed by atoms with Gasteiger partial charge in [-0.05, 0) is 132 Å². The summed E-state index contributed by atoms with van der Waals surface area (Å²) in [6, 6.07) is 44.9. The molecule has 4 bridgehead atoms. The Morgan fingerprint density at radius 3 is 1.62 bits per heavy atom. The highest BCUT2D eigenvalue weighted by Gasteiger charge is 2.51. The van der Waals surface area contributed by atoms with Crippen LogP contribution in [0.25, 0.3) is 21.9 Å². The minimum Gasteiger partial charge on any atom is -0.311 e. The van der Waals surface area contributed by atoms with E-state index in [4.69, 9.17) is 0 Å². The zero-order valence-corrected chi connectivity index (χ0v) is 22.5. The van der Waals surface area contributed by atoms with E-state index in [1.807, 2.05) is 0 Å². The third-order valence-corrected chi connectivity index (χ3v) is 10.00. The van der Waals surface area contributed by atoms with E-state index in [0.717, 1.165) is 17.8 Å². The van der Waals surface area contributed by atoms with E-state index >= 15 is 0 Å². The molecule has 4 aliphatic rings. The van der Waals surface area contributed by atoms with Gasteiger partial charge < -0.3 is 4.90 Å². The summed E-state index contributed by atoms with van der Waals surface area (Å²) in [6.07, 6.45) is 8.72. The van der Waals surface area contributed by atoms with E-state index in [2.05, 4.69) is 126 Å². The van der Waals surface area contributed by atoms with Crippen molar-refractivity contribution in [2.45, 2.75) is 43.9 Å². The van der Waals surface area contributed by atoms with Crippen molar-refractivity contribution in [3.05, 3.63) is 127 Å². The summed E-state index contributed by atoms with van der Waals surface area (Å²) in [6.45, 7) is 0. The Bertz CT molecular complexity index is 1580. The van der Waals surface area contributed by atoms with Crippen LogP contribution in [0.15, 0.2) is 121 Å². The maximum Gasteiger partial charge on any atom is 0.0462 e. The predicted molar refractivity (Wildman–Crippen MR) is 164 cm³/mol. The first-order valence-electron chi connectivity index (χ1n) is 14.8. The second-order valence-corrected chi connectivity index (χ2v) is 12.5. The van der Waals surface area contributed by atoms with Crippen molar-refractivity contribution in [2.75, 3.05) is 4.90 Å². The highest BCUT2D eigenvalue weighted by atomic mass is 15.1. The molecule has 0 unspecified atom stereocenters. The third kappa shape index (κ3) is 4.07. The minimum absolute atomic E-state index is 0.437. The number of hydrogen-bond acceptors (Lipinski definition) is 1. The molecule has 0 heterocycles. The number of benzene rings is 5. The van der Waals surface area contributed by atoms with Crippen molar-refractivity contribution in [3.63, 3.8) is 0 Å². The van der Waals surface area contributed by atoms with E-state index in [1.54, 1.807) is 5.56 Å². The average Bonchev–Trinajstić information content (AvgIpc) is 2.98. The lowest BCUT2D eigenvalue weighted by Crippen LogP contribution is -2.48. The topological polar surface area (TPSA) is 3.24 Å².